The Bertz CT molecular complexity index is 1140. The van der Waals surface area contributed by atoms with E-state index >= 15 is 0 Å². The van der Waals surface area contributed by atoms with Gasteiger partial charge in [-0.1, -0.05) is 60.1 Å². The maximum Gasteiger partial charge on any atom is 0.200 e. The molecule has 0 aliphatic heterocycles. The normalized spacial score (nSPS) is 11.3. The molecule has 0 radical (unpaired) electrons. The smallest absolute Gasteiger partial charge is 0.200 e. The van der Waals surface area contributed by atoms with Gasteiger partial charge in [0.05, 0.1) is 10.9 Å². The first kappa shape index (κ1) is 16.4. The van der Waals surface area contributed by atoms with Crippen molar-refractivity contribution < 1.29 is 4.42 Å². The minimum absolute atomic E-state index is 0.0519. The van der Waals surface area contributed by atoms with E-state index in [1.165, 1.54) is 0 Å². The maximum atomic E-state index is 13.1. The predicted octanol–water partition coefficient (Wildman–Crippen LogP) is 6.28. The van der Waals surface area contributed by atoms with Crippen LogP contribution in [0, 0.1) is 0 Å². The van der Waals surface area contributed by atoms with E-state index in [4.69, 9.17) is 16.0 Å². The van der Waals surface area contributed by atoms with Gasteiger partial charge in [0, 0.05) is 10.6 Å². The SMILES string of the molecule is O=c1c(/C=C/c2ccccc2)c(-c2ccc(Cl)cc2)oc2ccccc12. The Kier molecular flexibility index (Phi) is 4.42. The van der Waals surface area contributed by atoms with Crippen molar-refractivity contribution >= 4 is 34.7 Å². The van der Waals surface area contributed by atoms with Gasteiger partial charge in [0.1, 0.15) is 11.3 Å². The molecule has 0 unspecified atom stereocenters. The Morgan fingerprint density at radius 3 is 2.23 bits per heavy atom. The molecule has 1 aromatic heterocycles. The van der Waals surface area contributed by atoms with Crippen LogP contribution in [0.2, 0.25) is 5.02 Å². The van der Waals surface area contributed by atoms with E-state index in [9.17, 15) is 4.79 Å². The topological polar surface area (TPSA) is 30.2 Å². The van der Waals surface area contributed by atoms with Gasteiger partial charge in [-0.15, -0.1) is 0 Å². The third kappa shape index (κ3) is 3.19. The van der Waals surface area contributed by atoms with Gasteiger partial charge < -0.3 is 4.42 Å². The molecule has 0 aliphatic rings. The summed E-state index contributed by atoms with van der Waals surface area (Å²) in [5, 5.41) is 1.20. The van der Waals surface area contributed by atoms with Crippen LogP contribution in [0.1, 0.15) is 11.1 Å². The van der Waals surface area contributed by atoms with E-state index in [-0.39, 0.29) is 5.43 Å². The summed E-state index contributed by atoms with van der Waals surface area (Å²) >= 11 is 6.00. The Hall–Kier alpha value is -3.10. The van der Waals surface area contributed by atoms with E-state index in [0.29, 0.717) is 27.3 Å². The molecule has 4 rings (SSSR count). The van der Waals surface area contributed by atoms with E-state index in [1.54, 1.807) is 24.3 Å². The van der Waals surface area contributed by atoms with Crippen LogP contribution < -0.4 is 5.43 Å². The van der Waals surface area contributed by atoms with Gasteiger partial charge in [0.25, 0.3) is 0 Å². The molecule has 3 heteroatoms. The molecular formula is C23H15ClO2. The molecule has 0 aliphatic carbocycles. The highest BCUT2D eigenvalue weighted by molar-refractivity contribution is 6.30. The molecule has 2 nitrogen and oxygen atoms in total. The monoisotopic (exact) mass is 358 g/mol. The number of rotatable bonds is 3. The number of benzene rings is 3. The number of para-hydroxylation sites is 1. The van der Waals surface area contributed by atoms with Gasteiger partial charge in [-0.3, -0.25) is 4.79 Å². The molecule has 26 heavy (non-hydrogen) atoms. The maximum absolute atomic E-state index is 13.1. The summed E-state index contributed by atoms with van der Waals surface area (Å²) in [7, 11) is 0. The fourth-order valence-electron chi connectivity index (χ4n) is 2.87. The van der Waals surface area contributed by atoms with Gasteiger partial charge in [-0.2, -0.15) is 0 Å². The number of hydrogen-bond donors (Lipinski definition) is 0. The third-order valence-electron chi connectivity index (χ3n) is 4.18. The Balaban J connectivity index is 1.95. The van der Waals surface area contributed by atoms with Crippen molar-refractivity contribution in [1.29, 1.82) is 0 Å². The molecule has 0 saturated heterocycles. The number of hydrogen-bond acceptors (Lipinski definition) is 2. The van der Waals surface area contributed by atoms with Crippen LogP contribution in [0.3, 0.4) is 0 Å². The predicted molar refractivity (Wildman–Crippen MR) is 108 cm³/mol. The molecular weight excluding hydrogens is 344 g/mol. The second-order valence-electron chi connectivity index (χ2n) is 5.92. The zero-order valence-electron chi connectivity index (χ0n) is 13.9. The van der Waals surface area contributed by atoms with Gasteiger partial charge in [0.15, 0.2) is 0 Å². The van der Waals surface area contributed by atoms with Crippen molar-refractivity contribution in [3.63, 3.8) is 0 Å². The van der Waals surface area contributed by atoms with Crippen molar-refractivity contribution in [3.8, 4) is 11.3 Å². The molecule has 0 atom stereocenters. The van der Waals surface area contributed by atoms with E-state index < -0.39 is 0 Å². The summed E-state index contributed by atoms with van der Waals surface area (Å²) in [4.78, 5) is 13.1. The van der Waals surface area contributed by atoms with Gasteiger partial charge in [-0.25, -0.2) is 0 Å². The lowest BCUT2D eigenvalue weighted by Crippen LogP contribution is -2.07. The van der Waals surface area contributed by atoms with Crippen LogP contribution in [0.5, 0.6) is 0 Å². The number of fused-ring (bicyclic) bond motifs is 1. The van der Waals surface area contributed by atoms with E-state index in [1.807, 2.05) is 66.7 Å². The quantitative estimate of drug-likeness (QED) is 0.431. The summed E-state index contributed by atoms with van der Waals surface area (Å²) in [5.74, 6) is 0.539. The second-order valence-corrected chi connectivity index (χ2v) is 6.36. The van der Waals surface area contributed by atoms with Crippen LogP contribution in [-0.4, -0.2) is 0 Å². The van der Waals surface area contributed by atoms with Crippen molar-refractivity contribution in [2.75, 3.05) is 0 Å². The van der Waals surface area contributed by atoms with Crippen LogP contribution >= 0.6 is 11.6 Å². The Labute approximate surface area is 156 Å². The lowest BCUT2D eigenvalue weighted by atomic mass is 10.0. The fraction of sp³-hybridized carbons (Fsp3) is 0. The van der Waals surface area contributed by atoms with Crippen molar-refractivity contribution in [3.05, 3.63) is 105 Å². The standard InChI is InChI=1S/C23H15ClO2/c24-18-13-11-17(12-14-18)23-20(15-10-16-6-2-1-3-7-16)22(25)19-8-4-5-9-21(19)26-23/h1-15H/b15-10+. The van der Waals surface area contributed by atoms with Gasteiger partial charge >= 0.3 is 0 Å². The zero-order chi connectivity index (χ0) is 17.9. The average Bonchev–Trinajstić information content (AvgIpc) is 2.69. The van der Waals surface area contributed by atoms with E-state index in [2.05, 4.69) is 0 Å². The van der Waals surface area contributed by atoms with Crippen molar-refractivity contribution in [2.45, 2.75) is 0 Å². The first-order chi connectivity index (χ1) is 12.7. The summed E-state index contributed by atoms with van der Waals surface area (Å²) in [6.07, 6.45) is 3.73. The lowest BCUT2D eigenvalue weighted by molar-refractivity contribution is 0.617. The summed E-state index contributed by atoms with van der Waals surface area (Å²) in [5.41, 5.74) is 2.87. The molecule has 3 aromatic carbocycles. The zero-order valence-corrected chi connectivity index (χ0v) is 14.6. The molecule has 126 valence electrons. The molecule has 0 fully saturated rings. The van der Waals surface area contributed by atoms with Crippen LogP contribution in [0.15, 0.2) is 88.1 Å². The minimum Gasteiger partial charge on any atom is -0.455 e. The second kappa shape index (κ2) is 7.03. The highest BCUT2D eigenvalue weighted by Crippen LogP contribution is 2.28. The van der Waals surface area contributed by atoms with Crippen LogP contribution in [0.25, 0.3) is 34.4 Å². The van der Waals surface area contributed by atoms with Gasteiger partial charge in [-0.05, 0) is 48.0 Å². The first-order valence-electron chi connectivity index (χ1n) is 8.27. The molecule has 0 saturated carbocycles. The molecule has 4 aromatic rings. The highest BCUT2D eigenvalue weighted by Gasteiger charge is 2.14. The summed E-state index contributed by atoms with van der Waals surface area (Å²) in [6.45, 7) is 0. The summed E-state index contributed by atoms with van der Waals surface area (Å²) in [6, 6.07) is 24.4. The Morgan fingerprint density at radius 2 is 1.46 bits per heavy atom. The fourth-order valence-corrected chi connectivity index (χ4v) is 2.99. The van der Waals surface area contributed by atoms with Crippen molar-refractivity contribution in [2.24, 2.45) is 0 Å². The van der Waals surface area contributed by atoms with Crippen molar-refractivity contribution in [1.82, 2.24) is 0 Å². The van der Waals surface area contributed by atoms with Crippen LogP contribution in [0.4, 0.5) is 0 Å². The third-order valence-corrected chi connectivity index (χ3v) is 4.43. The average molecular weight is 359 g/mol. The van der Waals surface area contributed by atoms with Crippen LogP contribution in [-0.2, 0) is 0 Å². The molecule has 0 amide bonds. The number of halogens is 1. The largest absolute Gasteiger partial charge is 0.455 e. The molecule has 0 N–H and O–H groups in total. The molecule has 1 heterocycles. The highest BCUT2D eigenvalue weighted by atomic mass is 35.5. The lowest BCUT2D eigenvalue weighted by Gasteiger charge is -2.08. The van der Waals surface area contributed by atoms with E-state index in [0.717, 1.165) is 11.1 Å². The Morgan fingerprint density at radius 1 is 0.769 bits per heavy atom. The summed E-state index contributed by atoms with van der Waals surface area (Å²) < 4.78 is 6.09. The van der Waals surface area contributed by atoms with Gasteiger partial charge in [0.2, 0.25) is 5.43 Å². The minimum atomic E-state index is -0.0519. The molecule has 0 bridgehead atoms. The first-order valence-corrected chi connectivity index (χ1v) is 8.65. The molecule has 0 spiro atoms.